The Kier molecular flexibility index (Phi) is 5.24. The highest BCUT2D eigenvalue weighted by atomic mass is 19.1. The van der Waals surface area contributed by atoms with E-state index in [-0.39, 0.29) is 35.4 Å². The van der Waals surface area contributed by atoms with Crippen LogP contribution in [-0.2, 0) is 7.05 Å². The summed E-state index contributed by atoms with van der Waals surface area (Å²) >= 11 is 0. The lowest BCUT2D eigenvalue weighted by Crippen LogP contribution is -2.57. The molecular weight excluding hydrogens is 456 g/mol. The van der Waals surface area contributed by atoms with Crippen molar-refractivity contribution in [2.45, 2.75) is 62.4 Å². The lowest BCUT2D eigenvalue weighted by atomic mass is 9.96. The van der Waals surface area contributed by atoms with Crippen LogP contribution >= 0.6 is 0 Å². The summed E-state index contributed by atoms with van der Waals surface area (Å²) in [5.41, 5.74) is 0.0861. The average molecular weight is 482 g/mol. The number of alkyl halides is 1. The number of aromatic nitrogens is 5. The van der Waals surface area contributed by atoms with Crippen LogP contribution in [0.15, 0.2) is 35.3 Å². The van der Waals surface area contributed by atoms with Crippen molar-refractivity contribution in [2.75, 3.05) is 4.90 Å². The number of aromatic hydroxyl groups is 1. The van der Waals surface area contributed by atoms with E-state index >= 15 is 4.39 Å². The van der Waals surface area contributed by atoms with E-state index in [9.17, 15) is 14.3 Å². The Morgan fingerprint density at radius 1 is 1.17 bits per heavy atom. The predicted molar refractivity (Wildman–Crippen MR) is 124 cm³/mol. The molecule has 2 saturated heterocycles. The molecule has 1 aliphatic carbocycles. The van der Waals surface area contributed by atoms with Gasteiger partial charge in [-0.15, -0.1) is 10.2 Å². The van der Waals surface area contributed by atoms with Crippen LogP contribution in [-0.4, -0.2) is 60.2 Å². The van der Waals surface area contributed by atoms with Crippen LogP contribution in [0.3, 0.4) is 0 Å². The number of phenols is 1. The first-order chi connectivity index (χ1) is 16.9. The summed E-state index contributed by atoms with van der Waals surface area (Å²) < 4.78 is 30.0. The molecule has 3 fully saturated rings. The van der Waals surface area contributed by atoms with Crippen molar-refractivity contribution in [3.8, 4) is 28.4 Å². The van der Waals surface area contributed by atoms with Crippen LogP contribution in [0.2, 0.25) is 0 Å². The van der Waals surface area contributed by atoms with E-state index < -0.39 is 17.8 Å². The molecule has 4 atom stereocenters. The zero-order valence-corrected chi connectivity index (χ0v) is 19.1. The van der Waals surface area contributed by atoms with Gasteiger partial charge in [-0.05, 0) is 44.2 Å². The van der Waals surface area contributed by atoms with Gasteiger partial charge < -0.3 is 15.3 Å². The number of hydrogen-bond donors (Lipinski definition) is 2. The largest absolute Gasteiger partial charge is 0.507 e. The molecule has 9 nitrogen and oxygen atoms in total. The molecule has 35 heavy (non-hydrogen) atoms. The number of nitrogens with zero attached hydrogens (tertiary/aromatic N) is 6. The van der Waals surface area contributed by atoms with Crippen molar-refractivity contribution < 1.29 is 13.9 Å². The van der Waals surface area contributed by atoms with Gasteiger partial charge in [-0.1, -0.05) is 6.07 Å². The maximum absolute atomic E-state index is 15.3. The van der Waals surface area contributed by atoms with Gasteiger partial charge in [-0.3, -0.25) is 4.57 Å². The number of halogens is 2. The summed E-state index contributed by atoms with van der Waals surface area (Å²) in [5, 5.41) is 22.6. The van der Waals surface area contributed by atoms with Crippen LogP contribution in [0.25, 0.3) is 22.6 Å². The monoisotopic (exact) mass is 481 g/mol. The van der Waals surface area contributed by atoms with Crippen molar-refractivity contribution in [2.24, 2.45) is 7.05 Å². The molecule has 0 amide bonds. The van der Waals surface area contributed by atoms with Crippen molar-refractivity contribution >= 4 is 5.82 Å². The second kappa shape index (κ2) is 8.33. The van der Waals surface area contributed by atoms with Gasteiger partial charge in [0.15, 0.2) is 17.6 Å². The number of benzene rings is 1. The van der Waals surface area contributed by atoms with Gasteiger partial charge in [-0.2, -0.15) is 9.37 Å². The molecule has 2 aromatic heterocycles. The van der Waals surface area contributed by atoms with Crippen LogP contribution in [0.1, 0.15) is 32.1 Å². The highest BCUT2D eigenvalue weighted by molar-refractivity contribution is 5.71. The van der Waals surface area contributed by atoms with Gasteiger partial charge in [0.1, 0.15) is 11.9 Å². The minimum Gasteiger partial charge on any atom is -0.507 e. The number of piperidine rings is 1. The van der Waals surface area contributed by atoms with Crippen molar-refractivity contribution in [3.63, 3.8) is 0 Å². The SMILES string of the molecule is Cn1c(F)cc(-c2ccc(-c3ncc(N(C4CC4)[C@H]4C[C@H]5CC[C@H](N5)[C@H]4F)nn3)c(O)c2)nc1=O. The Hall–Kier alpha value is -3.47. The zero-order valence-electron chi connectivity index (χ0n) is 19.1. The molecule has 11 heteroatoms. The summed E-state index contributed by atoms with van der Waals surface area (Å²) in [4.78, 5) is 22.1. The van der Waals surface area contributed by atoms with Gasteiger partial charge in [0, 0.05) is 36.8 Å². The molecule has 3 aliphatic rings. The minimum atomic E-state index is -0.972. The van der Waals surface area contributed by atoms with Gasteiger partial charge in [-0.25, -0.2) is 14.2 Å². The first-order valence-electron chi connectivity index (χ1n) is 11.8. The molecular formula is C24H25F2N7O2. The summed E-state index contributed by atoms with van der Waals surface area (Å²) in [5.74, 6) is -0.137. The molecule has 2 aliphatic heterocycles. The second-order valence-corrected chi connectivity index (χ2v) is 9.61. The van der Waals surface area contributed by atoms with Crippen molar-refractivity contribution in [3.05, 3.63) is 46.9 Å². The molecule has 2 bridgehead atoms. The van der Waals surface area contributed by atoms with E-state index in [0.29, 0.717) is 23.0 Å². The summed E-state index contributed by atoms with van der Waals surface area (Å²) in [6, 6.07) is 5.90. The molecule has 4 heterocycles. The van der Waals surface area contributed by atoms with Gasteiger partial charge in [0.05, 0.1) is 23.5 Å². The third-order valence-corrected chi connectivity index (χ3v) is 7.28. The van der Waals surface area contributed by atoms with E-state index in [1.807, 2.05) is 0 Å². The molecule has 1 aromatic carbocycles. The van der Waals surface area contributed by atoms with E-state index in [2.05, 4.69) is 30.4 Å². The van der Waals surface area contributed by atoms with Crippen molar-refractivity contribution in [1.82, 2.24) is 30.0 Å². The van der Waals surface area contributed by atoms with E-state index in [1.54, 1.807) is 18.3 Å². The quantitative estimate of drug-likeness (QED) is 0.535. The minimum absolute atomic E-state index is 0.108. The lowest BCUT2D eigenvalue weighted by Gasteiger charge is -2.40. The molecule has 182 valence electrons. The summed E-state index contributed by atoms with van der Waals surface area (Å²) in [6.07, 6.45) is 5.20. The number of fused-ring (bicyclic) bond motifs is 2. The van der Waals surface area contributed by atoms with Crippen LogP contribution < -0.4 is 15.9 Å². The normalized spacial score (nSPS) is 25.6. The lowest BCUT2D eigenvalue weighted by molar-refractivity contribution is 0.171. The number of nitrogens with one attached hydrogen (secondary N) is 1. The summed E-state index contributed by atoms with van der Waals surface area (Å²) in [7, 11) is 1.29. The van der Waals surface area contributed by atoms with Crippen LogP contribution in [0, 0.1) is 5.95 Å². The fourth-order valence-corrected chi connectivity index (χ4v) is 5.27. The molecule has 0 unspecified atom stereocenters. The molecule has 6 rings (SSSR count). The number of hydrogen-bond acceptors (Lipinski definition) is 8. The Morgan fingerprint density at radius 2 is 2.00 bits per heavy atom. The van der Waals surface area contributed by atoms with Gasteiger partial charge in [0.2, 0.25) is 0 Å². The Bertz CT molecular complexity index is 1330. The maximum atomic E-state index is 15.3. The third kappa shape index (κ3) is 3.93. The van der Waals surface area contributed by atoms with Crippen molar-refractivity contribution in [1.29, 1.82) is 0 Å². The molecule has 0 spiro atoms. The third-order valence-electron chi connectivity index (χ3n) is 7.28. The fourth-order valence-electron chi connectivity index (χ4n) is 5.27. The number of phenolic OH excluding ortho intramolecular Hbond substituents is 1. The van der Waals surface area contributed by atoms with Crippen LogP contribution in [0.5, 0.6) is 5.75 Å². The van der Waals surface area contributed by atoms with Gasteiger partial charge in [0.25, 0.3) is 0 Å². The fraction of sp³-hybridized carbons (Fsp3) is 0.458. The molecule has 0 radical (unpaired) electrons. The first kappa shape index (κ1) is 22.0. The van der Waals surface area contributed by atoms with E-state index in [1.165, 1.54) is 13.1 Å². The van der Waals surface area contributed by atoms with E-state index in [0.717, 1.165) is 42.7 Å². The number of rotatable bonds is 5. The highest BCUT2D eigenvalue weighted by Crippen LogP contribution is 2.40. The molecule has 1 saturated carbocycles. The van der Waals surface area contributed by atoms with E-state index in [4.69, 9.17) is 0 Å². The standard InChI is InChI=1S/C24H25F2N7O2/c1-32-20(25)10-17(29-24(32)35)12-2-6-15(19(34)8-12)23-27-11-21(30-31-23)33(14-4-5-14)18-9-13-3-7-16(28-13)22(18)26/h2,6,8,10-11,13-14,16,18,22,28,34H,3-5,7,9H2,1H3/t13-,16+,18+,22-/m1/s1. The topological polar surface area (TPSA) is 109 Å². The van der Waals surface area contributed by atoms with Gasteiger partial charge >= 0.3 is 5.69 Å². The maximum Gasteiger partial charge on any atom is 0.350 e. The smallest absolute Gasteiger partial charge is 0.350 e. The highest BCUT2D eigenvalue weighted by Gasteiger charge is 2.48. The zero-order chi connectivity index (χ0) is 24.3. The Labute approximate surface area is 199 Å². The second-order valence-electron chi connectivity index (χ2n) is 9.61. The Balaban J connectivity index is 1.27. The Morgan fingerprint density at radius 3 is 2.69 bits per heavy atom. The van der Waals surface area contributed by atoms with Crippen LogP contribution in [0.4, 0.5) is 14.6 Å². The summed E-state index contributed by atoms with van der Waals surface area (Å²) in [6.45, 7) is 0. The molecule has 3 aromatic rings. The first-order valence-corrected chi connectivity index (χ1v) is 11.8. The predicted octanol–water partition coefficient (Wildman–Crippen LogP) is 2.34. The number of anilines is 1. The average Bonchev–Trinajstić information content (AvgIpc) is 3.60. The molecule has 2 N–H and O–H groups in total.